The number of hydrogen-bond acceptors (Lipinski definition) is 2. The van der Waals surface area contributed by atoms with E-state index in [4.69, 9.17) is 0 Å². The molecule has 25 heavy (non-hydrogen) atoms. The van der Waals surface area contributed by atoms with E-state index < -0.39 is 5.54 Å². The van der Waals surface area contributed by atoms with E-state index in [2.05, 4.69) is 36.5 Å². The second-order valence-electron chi connectivity index (χ2n) is 9.88. The van der Waals surface area contributed by atoms with Gasteiger partial charge in [0.15, 0.2) is 0 Å². The summed E-state index contributed by atoms with van der Waals surface area (Å²) in [5, 5.41) is 12.7. The summed E-state index contributed by atoms with van der Waals surface area (Å²) in [4.78, 5) is 13.3. The molecule has 0 spiro atoms. The summed E-state index contributed by atoms with van der Waals surface area (Å²) in [6.07, 6.45) is 6.82. The Morgan fingerprint density at radius 3 is 2.32 bits per heavy atom. The Labute approximate surface area is 151 Å². The van der Waals surface area contributed by atoms with Gasteiger partial charge >= 0.3 is 0 Å². The number of aliphatic hydroxyl groups excluding tert-OH is 1. The Balaban J connectivity index is 1.67. The zero-order chi connectivity index (χ0) is 17.9. The summed E-state index contributed by atoms with van der Waals surface area (Å²) >= 11 is 0. The van der Waals surface area contributed by atoms with Gasteiger partial charge < -0.3 is 10.4 Å². The van der Waals surface area contributed by atoms with Crippen molar-refractivity contribution in [2.24, 2.45) is 17.3 Å². The highest BCUT2D eigenvalue weighted by atomic mass is 16.3. The molecule has 0 saturated heterocycles. The van der Waals surface area contributed by atoms with Crippen LogP contribution in [0, 0.1) is 24.2 Å². The molecule has 2 N–H and O–H groups in total. The number of nitrogens with one attached hydrogen (secondary N) is 1. The Hall–Kier alpha value is -1.35. The summed E-state index contributed by atoms with van der Waals surface area (Å²) < 4.78 is 0. The third kappa shape index (κ3) is 2.81. The van der Waals surface area contributed by atoms with Crippen molar-refractivity contribution in [1.82, 2.24) is 5.32 Å². The molecule has 0 aromatic heterocycles. The Kier molecular flexibility index (Phi) is 3.81. The van der Waals surface area contributed by atoms with Crippen LogP contribution in [0.5, 0.6) is 0 Å². The van der Waals surface area contributed by atoms with Crippen LogP contribution in [-0.4, -0.2) is 23.2 Å². The lowest BCUT2D eigenvalue weighted by Crippen LogP contribution is -2.61. The molecule has 4 fully saturated rings. The van der Waals surface area contributed by atoms with E-state index in [0.29, 0.717) is 11.8 Å². The highest BCUT2D eigenvalue weighted by Gasteiger charge is 2.61. The molecule has 136 valence electrons. The third-order valence-corrected chi connectivity index (χ3v) is 7.05. The van der Waals surface area contributed by atoms with Crippen LogP contribution in [-0.2, 0) is 10.2 Å². The fraction of sp³-hybridized carbons (Fsp3) is 0.682. The predicted octanol–water partition coefficient (Wildman–Crippen LogP) is 3.72. The van der Waals surface area contributed by atoms with E-state index in [9.17, 15) is 9.90 Å². The van der Waals surface area contributed by atoms with E-state index in [1.807, 2.05) is 13.8 Å². The molecule has 0 unspecified atom stereocenters. The summed E-state index contributed by atoms with van der Waals surface area (Å²) in [6.45, 7) is 5.92. The zero-order valence-electron chi connectivity index (χ0n) is 15.8. The molecule has 3 nitrogen and oxygen atoms in total. The number of aliphatic hydroxyl groups is 1. The van der Waals surface area contributed by atoms with Gasteiger partial charge in [0.2, 0.25) is 5.91 Å². The molecule has 3 heteroatoms. The van der Waals surface area contributed by atoms with Crippen LogP contribution in [0.25, 0.3) is 0 Å². The minimum Gasteiger partial charge on any atom is -0.394 e. The molecule has 4 bridgehead atoms. The van der Waals surface area contributed by atoms with Gasteiger partial charge in [-0.05, 0) is 82.1 Å². The molecule has 0 radical (unpaired) electrons. The van der Waals surface area contributed by atoms with Gasteiger partial charge in [-0.1, -0.05) is 29.8 Å². The Bertz CT molecular complexity index is 662. The highest BCUT2D eigenvalue weighted by Crippen LogP contribution is 2.65. The van der Waals surface area contributed by atoms with Crippen LogP contribution >= 0.6 is 0 Å². The molecule has 5 rings (SSSR count). The number of amides is 1. The van der Waals surface area contributed by atoms with Crippen molar-refractivity contribution in [1.29, 1.82) is 0 Å². The van der Waals surface area contributed by atoms with Crippen molar-refractivity contribution in [3.63, 3.8) is 0 Å². The first-order chi connectivity index (χ1) is 11.8. The Morgan fingerprint density at radius 1 is 1.16 bits per heavy atom. The molecule has 4 aliphatic rings. The molecule has 1 amide bonds. The minimum absolute atomic E-state index is 0.0230. The number of hydrogen-bond donors (Lipinski definition) is 2. The molecule has 4 saturated carbocycles. The Morgan fingerprint density at radius 2 is 1.76 bits per heavy atom. The normalized spacial score (nSPS) is 36.5. The zero-order valence-corrected chi connectivity index (χ0v) is 15.8. The van der Waals surface area contributed by atoms with Gasteiger partial charge in [-0.3, -0.25) is 4.79 Å². The van der Waals surface area contributed by atoms with Crippen molar-refractivity contribution in [2.45, 2.75) is 70.3 Å². The average Bonchev–Trinajstić information content (AvgIpc) is 2.53. The third-order valence-electron chi connectivity index (χ3n) is 7.05. The van der Waals surface area contributed by atoms with E-state index in [-0.39, 0.29) is 23.3 Å². The predicted molar refractivity (Wildman–Crippen MR) is 99.3 cm³/mol. The van der Waals surface area contributed by atoms with Gasteiger partial charge in [-0.2, -0.15) is 0 Å². The second-order valence-corrected chi connectivity index (χ2v) is 9.88. The van der Waals surface area contributed by atoms with Crippen molar-refractivity contribution < 1.29 is 9.90 Å². The largest absolute Gasteiger partial charge is 0.394 e. The fourth-order valence-corrected chi connectivity index (χ4v) is 6.25. The summed E-state index contributed by atoms with van der Waals surface area (Å²) in [5.74, 6) is 1.52. The lowest BCUT2D eigenvalue weighted by atomic mass is 9.42. The number of carbonyl (C=O) groups excluding carboxylic acids is 1. The lowest BCUT2D eigenvalue weighted by molar-refractivity contribution is -0.151. The lowest BCUT2D eigenvalue weighted by Gasteiger charge is -2.62. The molecule has 1 aromatic rings. The minimum atomic E-state index is -0.544. The van der Waals surface area contributed by atoms with Gasteiger partial charge in [0.1, 0.15) is 0 Å². The molecular formula is C22H31NO2. The maximum atomic E-state index is 13.3. The number of carbonyl (C=O) groups is 1. The quantitative estimate of drug-likeness (QED) is 0.877. The molecule has 0 aliphatic heterocycles. The van der Waals surface area contributed by atoms with Crippen molar-refractivity contribution in [3.05, 3.63) is 35.4 Å². The first-order valence-corrected chi connectivity index (χ1v) is 9.77. The first kappa shape index (κ1) is 17.1. The van der Waals surface area contributed by atoms with Crippen LogP contribution in [0.1, 0.15) is 63.5 Å². The first-order valence-electron chi connectivity index (χ1n) is 9.77. The van der Waals surface area contributed by atoms with Gasteiger partial charge in [0, 0.05) is 0 Å². The van der Waals surface area contributed by atoms with Crippen molar-refractivity contribution in [3.8, 4) is 0 Å². The van der Waals surface area contributed by atoms with E-state index in [1.54, 1.807) is 0 Å². The van der Waals surface area contributed by atoms with Gasteiger partial charge in [-0.25, -0.2) is 0 Å². The van der Waals surface area contributed by atoms with Gasteiger partial charge in [0.25, 0.3) is 0 Å². The molecule has 2 atom stereocenters. The SMILES string of the molecule is Cc1ccc(C23C[C@H]4C[C@@H](CC(C(=O)NC(C)(C)CO)(C4)C2)C3)cc1. The standard InChI is InChI=1S/C22H31NO2/c1-15-4-6-18(7-5-15)21-9-16-8-17(10-21)12-22(11-16,13-21)19(25)23-20(2,3)14-24/h4-7,16-17,24H,8-14H2,1-3H3,(H,23,25)/t16-,17-,21?,22?/m1/s1. The molecular weight excluding hydrogens is 310 g/mol. The van der Waals surface area contributed by atoms with Crippen LogP contribution in [0.2, 0.25) is 0 Å². The summed E-state index contributed by atoms with van der Waals surface area (Å²) in [7, 11) is 0. The van der Waals surface area contributed by atoms with Gasteiger partial charge in [0.05, 0.1) is 17.6 Å². The highest BCUT2D eigenvalue weighted by molar-refractivity contribution is 5.84. The summed E-state index contributed by atoms with van der Waals surface area (Å²) in [6, 6.07) is 9.03. The molecule has 0 heterocycles. The van der Waals surface area contributed by atoms with Crippen molar-refractivity contribution in [2.75, 3.05) is 6.61 Å². The van der Waals surface area contributed by atoms with Crippen LogP contribution < -0.4 is 5.32 Å². The average molecular weight is 341 g/mol. The van der Waals surface area contributed by atoms with E-state index in [0.717, 1.165) is 19.3 Å². The fourth-order valence-electron chi connectivity index (χ4n) is 6.25. The number of rotatable bonds is 4. The smallest absolute Gasteiger partial charge is 0.226 e. The maximum absolute atomic E-state index is 13.3. The molecule has 1 aromatic carbocycles. The van der Waals surface area contributed by atoms with Crippen LogP contribution in [0.15, 0.2) is 24.3 Å². The van der Waals surface area contributed by atoms with Crippen LogP contribution in [0.3, 0.4) is 0 Å². The monoisotopic (exact) mass is 341 g/mol. The maximum Gasteiger partial charge on any atom is 0.226 e. The topological polar surface area (TPSA) is 49.3 Å². The molecule has 4 aliphatic carbocycles. The van der Waals surface area contributed by atoms with E-state index >= 15 is 0 Å². The second kappa shape index (κ2) is 5.57. The van der Waals surface area contributed by atoms with Crippen LogP contribution in [0.4, 0.5) is 0 Å². The van der Waals surface area contributed by atoms with Gasteiger partial charge in [-0.15, -0.1) is 0 Å². The number of benzene rings is 1. The van der Waals surface area contributed by atoms with E-state index in [1.165, 1.54) is 30.4 Å². The summed E-state index contributed by atoms with van der Waals surface area (Å²) in [5.41, 5.74) is 2.13. The number of aryl methyl sites for hydroxylation is 1. The van der Waals surface area contributed by atoms with Crippen molar-refractivity contribution >= 4 is 5.91 Å².